The first-order chi connectivity index (χ1) is 9.15. The van der Waals surface area contributed by atoms with E-state index in [9.17, 15) is 4.79 Å². The summed E-state index contributed by atoms with van der Waals surface area (Å²) in [5, 5.41) is 13.7. The molecule has 7 nitrogen and oxygen atoms in total. The molecule has 0 spiro atoms. The molecule has 1 aliphatic carbocycles. The summed E-state index contributed by atoms with van der Waals surface area (Å²) in [5.74, 6) is 1.24. The van der Waals surface area contributed by atoms with Crippen LogP contribution in [0, 0.1) is 6.92 Å². The van der Waals surface area contributed by atoms with Crippen LogP contribution < -0.4 is 5.32 Å². The van der Waals surface area contributed by atoms with Crippen molar-refractivity contribution in [1.82, 2.24) is 30.3 Å². The summed E-state index contributed by atoms with van der Waals surface area (Å²) in [6.45, 7) is 2.40. The molecule has 1 aliphatic rings. The maximum atomic E-state index is 11.9. The molecular weight excluding hydrogens is 244 g/mol. The number of aryl methyl sites for hydroxylation is 1. The van der Waals surface area contributed by atoms with Gasteiger partial charge in [0.25, 0.3) is 5.91 Å². The lowest BCUT2D eigenvalue weighted by Gasteiger charge is -2.02. The van der Waals surface area contributed by atoms with Crippen molar-refractivity contribution in [2.24, 2.45) is 7.05 Å². The molecule has 2 heterocycles. The summed E-state index contributed by atoms with van der Waals surface area (Å²) in [5.41, 5.74) is 2.03. The molecule has 7 heteroatoms. The van der Waals surface area contributed by atoms with Gasteiger partial charge in [-0.25, -0.2) is 4.98 Å². The third-order valence-electron chi connectivity index (χ3n) is 3.45. The first-order valence-electron chi connectivity index (χ1n) is 6.33. The summed E-state index contributed by atoms with van der Waals surface area (Å²) >= 11 is 0. The second kappa shape index (κ2) is 4.49. The smallest absolute Gasteiger partial charge is 0.291 e. The molecule has 0 aromatic carbocycles. The topological polar surface area (TPSA) is 88.5 Å². The Labute approximate surface area is 110 Å². The van der Waals surface area contributed by atoms with Gasteiger partial charge in [0, 0.05) is 30.8 Å². The van der Waals surface area contributed by atoms with E-state index in [-0.39, 0.29) is 11.7 Å². The van der Waals surface area contributed by atoms with Crippen molar-refractivity contribution in [2.45, 2.75) is 32.2 Å². The van der Waals surface area contributed by atoms with E-state index in [1.807, 2.05) is 14.0 Å². The van der Waals surface area contributed by atoms with Crippen LogP contribution in [0.1, 0.15) is 46.5 Å². The van der Waals surface area contributed by atoms with Crippen LogP contribution in [0.15, 0.2) is 6.20 Å². The van der Waals surface area contributed by atoms with Crippen LogP contribution in [0.3, 0.4) is 0 Å². The summed E-state index contributed by atoms with van der Waals surface area (Å²) in [7, 11) is 1.87. The van der Waals surface area contributed by atoms with Crippen LogP contribution >= 0.6 is 0 Å². The van der Waals surface area contributed by atoms with Crippen LogP contribution in [0.4, 0.5) is 0 Å². The number of hydrogen-bond acceptors (Lipinski definition) is 4. The zero-order valence-electron chi connectivity index (χ0n) is 11.0. The summed E-state index contributed by atoms with van der Waals surface area (Å²) in [4.78, 5) is 16.1. The predicted octanol–water partition coefficient (Wildman–Crippen LogP) is 0.654. The van der Waals surface area contributed by atoms with Gasteiger partial charge in [-0.3, -0.25) is 14.6 Å². The van der Waals surface area contributed by atoms with Crippen molar-refractivity contribution in [3.8, 4) is 0 Å². The van der Waals surface area contributed by atoms with Crippen molar-refractivity contribution >= 4 is 5.91 Å². The fourth-order valence-corrected chi connectivity index (χ4v) is 1.89. The third-order valence-corrected chi connectivity index (χ3v) is 3.45. The predicted molar refractivity (Wildman–Crippen MR) is 67.5 cm³/mol. The number of nitrogens with one attached hydrogen (secondary N) is 2. The minimum Gasteiger partial charge on any atom is -0.345 e. The normalized spacial score (nSPS) is 14.6. The Hall–Kier alpha value is -2.18. The lowest BCUT2D eigenvalue weighted by molar-refractivity contribution is 0.0941. The Bertz CT molecular complexity index is 610. The maximum absolute atomic E-state index is 11.9. The van der Waals surface area contributed by atoms with Crippen LogP contribution in [0.2, 0.25) is 0 Å². The SMILES string of the molecule is Cc1c(CNC(=O)c2n[nH]c(C3CC3)n2)cnn1C. The third kappa shape index (κ3) is 2.35. The number of carbonyl (C=O) groups excluding carboxylic acids is 1. The highest BCUT2D eigenvalue weighted by atomic mass is 16.2. The largest absolute Gasteiger partial charge is 0.345 e. The Kier molecular flexibility index (Phi) is 2.81. The van der Waals surface area contributed by atoms with Crippen LogP contribution in [0.5, 0.6) is 0 Å². The minimum atomic E-state index is -0.258. The number of amides is 1. The van der Waals surface area contributed by atoms with E-state index in [4.69, 9.17) is 0 Å². The second-order valence-corrected chi connectivity index (χ2v) is 4.88. The Morgan fingerprint density at radius 3 is 3.00 bits per heavy atom. The summed E-state index contributed by atoms with van der Waals surface area (Å²) in [6.07, 6.45) is 4.01. The van der Waals surface area contributed by atoms with Crippen LogP contribution in [0.25, 0.3) is 0 Å². The Morgan fingerprint density at radius 2 is 2.37 bits per heavy atom. The van der Waals surface area contributed by atoms with Gasteiger partial charge in [-0.05, 0) is 19.8 Å². The zero-order chi connectivity index (χ0) is 13.4. The average molecular weight is 260 g/mol. The highest BCUT2D eigenvalue weighted by Gasteiger charge is 2.28. The highest BCUT2D eigenvalue weighted by molar-refractivity contribution is 5.90. The molecule has 1 fully saturated rings. The molecule has 0 aliphatic heterocycles. The molecule has 1 saturated carbocycles. The van der Waals surface area contributed by atoms with Crippen LogP contribution in [-0.2, 0) is 13.6 Å². The minimum absolute atomic E-state index is 0.212. The number of nitrogens with zero attached hydrogens (tertiary/aromatic N) is 4. The van der Waals surface area contributed by atoms with Gasteiger partial charge in [-0.1, -0.05) is 0 Å². The molecule has 2 aromatic heterocycles. The number of hydrogen-bond donors (Lipinski definition) is 2. The molecule has 0 saturated heterocycles. The van der Waals surface area contributed by atoms with Gasteiger partial charge >= 0.3 is 0 Å². The van der Waals surface area contributed by atoms with Crippen molar-refractivity contribution in [3.63, 3.8) is 0 Å². The zero-order valence-corrected chi connectivity index (χ0v) is 11.0. The first-order valence-corrected chi connectivity index (χ1v) is 6.33. The molecule has 3 rings (SSSR count). The monoisotopic (exact) mass is 260 g/mol. The number of rotatable bonds is 4. The van der Waals surface area contributed by atoms with E-state index < -0.39 is 0 Å². The van der Waals surface area contributed by atoms with Crippen molar-refractivity contribution in [3.05, 3.63) is 29.1 Å². The summed E-state index contributed by atoms with van der Waals surface area (Å²) in [6, 6.07) is 0. The molecule has 2 aromatic rings. The molecule has 2 N–H and O–H groups in total. The molecular formula is C12H16N6O. The van der Waals surface area contributed by atoms with E-state index in [1.54, 1.807) is 10.9 Å². The van der Waals surface area contributed by atoms with Crippen molar-refractivity contribution in [2.75, 3.05) is 0 Å². The van der Waals surface area contributed by atoms with E-state index in [0.717, 1.165) is 29.9 Å². The van der Waals surface area contributed by atoms with Crippen molar-refractivity contribution < 1.29 is 4.79 Å². The highest BCUT2D eigenvalue weighted by Crippen LogP contribution is 2.37. The van der Waals surface area contributed by atoms with E-state index in [0.29, 0.717) is 12.5 Å². The molecule has 100 valence electrons. The molecule has 0 radical (unpaired) electrons. The van der Waals surface area contributed by atoms with Gasteiger partial charge in [0.1, 0.15) is 5.82 Å². The molecule has 1 amide bonds. The molecule has 0 bridgehead atoms. The number of H-pyrrole nitrogens is 1. The van der Waals surface area contributed by atoms with Gasteiger partial charge in [0.15, 0.2) is 0 Å². The lowest BCUT2D eigenvalue weighted by atomic mass is 10.2. The van der Waals surface area contributed by atoms with Crippen molar-refractivity contribution in [1.29, 1.82) is 0 Å². The first kappa shape index (κ1) is 11.9. The van der Waals surface area contributed by atoms with Gasteiger partial charge in [-0.2, -0.15) is 5.10 Å². The van der Waals surface area contributed by atoms with Gasteiger partial charge in [-0.15, -0.1) is 5.10 Å². The van der Waals surface area contributed by atoms with Gasteiger partial charge < -0.3 is 5.32 Å². The Morgan fingerprint density at radius 1 is 1.58 bits per heavy atom. The second-order valence-electron chi connectivity index (χ2n) is 4.88. The number of aromatic nitrogens is 5. The van der Waals surface area contributed by atoms with Gasteiger partial charge in [0.2, 0.25) is 5.82 Å². The van der Waals surface area contributed by atoms with E-state index in [2.05, 4.69) is 25.6 Å². The Balaban J connectivity index is 1.62. The summed E-state index contributed by atoms with van der Waals surface area (Å²) < 4.78 is 1.78. The van der Waals surface area contributed by atoms with E-state index >= 15 is 0 Å². The fraction of sp³-hybridized carbons (Fsp3) is 0.500. The molecule has 0 atom stereocenters. The number of carbonyl (C=O) groups is 1. The molecule has 0 unspecified atom stereocenters. The standard InChI is InChI=1S/C12H16N6O/c1-7-9(6-14-18(7)2)5-13-12(19)11-15-10(16-17-11)8-3-4-8/h6,8H,3-5H2,1-2H3,(H,13,19)(H,15,16,17). The van der Waals surface area contributed by atoms with Gasteiger partial charge in [0.05, 0.1) is 6.20 Å². The molecule has 19 heavy (non-hydrogen) atoms. The quantitative estimate of drug-likeness (QED) is 0.845. The lowest BCUT2D eigenvalue weighted by Crippen LogP contribution is -2.24. The fourth-order valence-electron chi connectivity index (χ4n) is 1.89. The number of aromatic amines is 1. The van der Waals surface area contributed by atoms with Crippen LogP contribution in [-0.4, -0.2) is 30.9 Å². The maximum Gasteiger partial charge on any atom is 0.291 e. The average Bonchev–Trinajstić information content (AvgIpc) is 3.06. The van der Waals surface area contributed by atoms with E-state index in [1.165, 1.54) is 0 Å².